The van der Waals surface area contributed by atoms with E-state index in [1.165, 1.54) is 0 Å². The summed E-state index contributed by atoms with van der Waals surface area (Å²) in [6.07, 6.45) is 3.69. The molecule has 0 fully saturated rings. The average Bonchev–Trinajstić information content (AvgIpc) is 3.35. The van der Waals surface area contributed by atoms with Gasteiger partial charge in [-0.25, -0.2) is 9.98 Å². The maximum atomic E-state index is 5.71. The van der Waals surface area contributed by atoms with E-state index < -0.39 is 0 Å². The van der Waals surface area contributed by atoms with Crippen LogP contribution in [-0.2, 0) is 4.74 Å². The van der Waals surface area contributed by atoms with Gasteiger partial charge in [0.05, 0.1) is 36.7 Å². The fourth-order valence-corrected chi connectivity index (χ4v) is 3.64. The SMILES string of the molecule is CO/C(=C\C1=Nc2c(C)cccc2C2=NCCN12)c1ccc2[nH]cnc2c1. The first-order chi connectivity index (χ1) is 13.2. The molecule has 0 saturated heterocycles. The summed E-state index contributed by atoms with van der Waals surface area (Å²) >= 11 is 0. The third-order valence-corrected chi connectivity index (χ3v) is 5.01. The molecule has 6 heteroatoms. The number of fused-ring (bicyclic) bond motifs is 4. The molecule has 0 radical (unpaired) electrons. The highest BCUT2D eigenvalue weighted by molar-refractivity contribution is 6.20. The highest BCUT2D eigenvalue weighted by atomic mass is 16.5. The van der Waals surface area contributed by atoms with Crippen molar-refractivity contribution in [2.45, 2.75) is 6.92 Å². The Bertz CT molecular complexity index is 1140. The van der Waals surface area contributed by atoms with Crippen molar-refractivity contribution < 1.29 is 4.74 Å². The first-order valence-electron chi connectivity index (χ1n) is 8.94. The van der Waals surface area contributed by atoms with E-state index in [0.29, 0.717) is 0 Å². The number of para-hydroxylation sites is 1. The van der Waals surface area contributed by atoms with Gasteiger partial charge >= 0.3 is 0 Å². The fraction of sp³-hybridized carbons (Fsp3) is 0.190. The van der Waals surface area contributed by atoms with Gasteiger partial charge in [-0.15, -0.1) is 0 Å². The molecule has 2 aromatic carbocycles. The van der Waals surface area contributed by atoms with E-state index in [9.17, 15) is 0 Å². The minimum atomic E-state index is 0.752. The fourth-order valence-electron chi connectivity index (χ4n) is 3.64. The van der Waals surface area contributed by atoms with Crippen LogP contribution in [0.5, 0.6) is 0 Å². The molecule has 0 saturated carbocycles. The quantitative estimate of drug-likeness (QED) is 0.728. The molecule has 1 N–H and O–H groups in total. The molecule has 0 unspecified atom stereocenters. The van der Waals surface area contributed by atoms with Crippen LogP contribution in [0.2, 0.25) is 0 Å². The summed E-state index contributed by atoms with van der Waals surface area (Å²) in [5, 5.41) is 0. The van der Waals surface area contributed by atoms with Gasteiger partial charge in [0.15, 0.2) is 0 Å². The standard InChI is InChI=1S/C21H19N5O/c1-13-4-3-5-15-20(13)25-19(26-9-8-22-21(15)26)11-18(27-2)14-6-7-16-17(10-14)24-12-23-16/h3-7,10-12H,8-9H2,1-2H3,(H,23,24)/b18-11-. The molecule has 27 heavy (non-hydrogen) atoms. The van der Waals surface area contributed by atoms with Gasteiger partial charge in [-0.3, -0.25) is 4.99 Å². The predicted molar refractivity (Wildman–Crippen MR) is 107 cm³/mol. The molecule has 3 aromatic rings. The van der Waals surface area contributed by atoms with Crippen LogP contribution in [-0.4, -0.2) is 46.7 Å². The van der Waals surface area contributed by atoms with Crippen LogP contribution in [0.3, 0.4) is 0 Å². The molecule has 6 nitrogen and oxygen atoms in total. The second-order valence-electron chi connectivity index (χ2n) is 6.65. The Kier molecular flexibility index (Phi) is 3.57. The lowest BCUT2D eigenvalue weighted by Crippen LogP contribution is -2.36. The highest BCUT2D eigenvalue weighted by Crippen LogP contribution is 2.32. The summed E-state index contributed by atoms with van der Waals surface area (Å²) in [7, 11) is 1.68. The molecule has 1 aromatic heterocycles. The number of aryl methyl sites for hydroxylation is 1. The number of nitrogens with zero attached hydrogens (tertiary/aromatic N) is 4. The van der Waals surface area contributed by atoms with Crippen molar-refractivity contribution in [3.05, 3.63) is 65.5 Å². The van der Waals surface area contributed by atoms with Crippen LogP contribution in [0.15, 0.2) is 58.8 Å². The second kappa shape index (κ2) is 6.09. The van der Waals surface area contributed by atoms with Crippen LogP contribution in [0.25, 0.3) is 16.8 Å². The molecule has 3 heterocycles. The lowest BCUT2D eigenvalue weighted by atomic mass is 10.0. The summed E-state index contributed by atoms with van der Waals surface area (Å²) in [6.45, 7) is 3.68. The lowest BCUT2D eigenvalue weighted by molar-refractivity contribution is 0.370. The number of aromatic nitrogens is 2. The number of methoxy groups -OCH3 is 1. The van der Waals surface area contributed by atoms with Gasteiger partial charge in [-0.05, 0) is 36.8 Å². The number of nitrogens with one attached hydrogen (secondary N) is 1. The lowest BCUT2D eigenvalue weighted by Gasteiger charge is -2.27. The molecular formula is C21H19N5O. The van der Waals surface area contributed by atoms with Crippen LogP contribution in [0.1, 0.15) is 16.7 Å². The van der Waals surface area contributed by atoms with E-state index in [2.05, 4.69) is 40.0 Å². The van der Waals surface area contributed by atoms with Gasteiger partial charge < -0.3 is 14.6 Å². The first kappa shape index (κ1) is 15.8. The molecule has 0 atom stereocenters. The monoisotopic (exact) mass is 357 g/mol. The van der Waals surface area contributed by atoms with Gasteiger partial charge in [0.1, 0.15) is 17.4 Å². The molecular weight excluding hydrogens is 338 g/mol. The van der Waals surface area contributed by atoms with Crippen LogP contribution in [0.4, 0.5) is 5.69 Å². The Morgan fingerprint density at radius 3 is 3.07 bits per heavy atom. The van der Waals surface area contributed by atoms with Crippen molar-refractivity contribution in [3.63, 3.8) is 0 Å². The zero-order chi connectivity index (χ0) is 18.4. The number of benzene rings is 2. The molecule has 5 rings (SSSR count). The number of aromatic amines is 1. The third kappa shape index (κ3) is 2.52. The van der Waals surface area contributed by atoms with E-state index in [0.717, 1.165) is 63.9 Å². The summed E-state index contributed by atoms with van der Waals surface area (Å²) < 4.78 is 5.71. The number of imidazole rings is 1. The number of H-pyrrole nitrogens is 1. The van der Waals surface area contributed by atoms with E-state index in [4.69, 9.17) is 14.7 Å². The minimum absolute atomic E-state index is 0.752. The Morgan fingerprint density at radius 2 is 2.19 bits per heavy atom. The third-order valence-electron chi connectivity index (χ3n) is 5.01. The first-order valence-corrected chi connectivity index (χ1v) is 8.94. The average molecular weight is 357 g/mol. The maximum Gasteiger partial charge on any atom is 0.138 e. The smallest absolute Gasteiger partial charge is 0.138 e. The van der Waals surface area contributed by atoms with Crippen molar-refractivity contribution >= 4 is 34.2 Å². The minimum Gasteiger partial charge on any atom is -0.496 e. The van der Waals surface area contributed by atoms with Gasteiger partial charge in [-0.1, -0.05) is 12.1 Å². The van der Waals surface area contributed by atoms with Crippen molar-refractivity contribution in [2.75, 3.05) is 20.2 Å². The highest BCUT2D eigenvalue weighted by Gasteiger charge is 2.29. The summed E-state index contributed by atoms with van der Waals surface area (Å²) in [5.74, 6) is 2.60. The van der Waals surface area contributed by atoms with E-state index >= 15 is 0 Å². The number of ether oxygens (including phenoxy) is 1. The molecule has 134 valence electrons. The normalized spacial score (nSPS) is 16.1. The van der Waals surface area contributed by atoms with Crippen molar-refractivity contribution in [1.29, 1.82) is 0 Å². The summed E-state index contributed by atoms with van der Waals surface area (Å²) in [6, 6.07) is 12.3. The molecule has 2 aliphatic rings. The number of amidine groups is 2. The summed E-state index contributed by atoms with van der Waals surface area (Å²) in [4.78, 5) is 19.3. The molecule has 0 aliphatic carbocycles. The van der Waals surface area contributed by atoms with Crippen molar-refractivity contribution in [2.24, 2.45) is 9.98 Å². The Hall–Kier alpha value is -3.41. The van der Waals surface area contributed by atoms with Crippen molar-refractivity contribution in [3.8, 4) is 0 Å². The second-order valence-corrected chi connectivity index (χ2v) is 6.65. The maximum absolute atomic E-state index is 5.71. The molecule has 0 amide bonds. The van der Waals surface area contributed by atoms with E-state index in [1.807, 2.05) is 24.3 Å². The number of rotatable bonds is 3. The van der Waals surface area contributed by atoms with E-state index in [-0.39, 0.29) is 0 Å². The van der Waals surface area contributed by atoms with Gasteiger partial charge in [0, 0.05) is 23.7 Å². The number of hydrogen-bond donors (Lipinski definition) is 1. The topological polar surface area (TPSA) is 65.9 Å². The van der Waals surface area contributed by atoms with Crippen LogP contribution >= 0.6 is 0 Å². The van der Waals surface area contributed by atoms with Crippen molar-refractivity contribution in [1.82, 2.24) is 14.9 Å². The zero-order valence-electron chi connectivity index (χ0n) is 15.2. The van der Waals surface area contributed by atoms with Gasteiger partial charge in [-0.2, -0.15) is 0 Å². The largest absolute Gasteiger partial charge is 0.496 e. The van der Waals surface area contributed by atoms with E-state index in [1.54, 1.807) is 13.4 Å². The molecule has 0 bridgehead atoms. The van der Waals surface area contributed by atoms with Gasteiger partial charge in [0.25, 0.3) is 0 Å². The Balaban J connectivity index is 1.63. The molecule has 2 aliphatic heterocycles. The summed E-state index contributed by atoms with van der Waals surface area (Å²) in [5.41, 5.74) is 6.10. The number of hydrogen-bond acceptors (Lipinski definition) is 5. The zero-order valence-corrected chi connectivity index (χ0v) is 15.2. The van der Waals surface area contributed by atoms with Gasteiger partial charge in [0.2, 0.25) is 0 Å². The van der Waals surface area contributed by atoms with Crippen LogP contribution in [0, 0.1) is 6.92 Å². The van der Waals surface area contributed by atoms with Crippen LogP contribution < -0.4 is 0 Å². The Labute approximate surface area is 156 Å². The number of aliphatic imine (C=N–C) groups is 2. The Morgan fingerprint density at radius 1 is 1.26 bits per heavy atom. The molecule has 0 spiro atoms. The predicted octanol–water partition coefficient (Wildman–Crippen LogP) is 3.66.